The zero-order chi connectivity index (χ0) is 21.4. The largest absolute Gasteiger partial charge is 0.330 e. The van der Waals surface area contributed by atoms with E-state index >= 15 is 0 Å². The molecule has 0 atom stereocenters. The number of hydrogen-bond acceptors (Lipinski definition) is 9. The van der Waals surface area contributed by atoms with Gasteiger partial charge in [0, 0.05) is 52.4 Å². The summed E-state index contributed by atoms with van der Waals surface area (Å²) in [6.45, 7) is 15.4. The number of nitrogens with one attached hydrogen (secondary N) is 3. The second-order valence-corrected chi connectivity index (χ2v) is 7.50. The molecular formula is C20H51N9. The van der Waals surface area contributed by atoms with Crippen LogP contribution in [0.1, 0.15) is 25.7 Å². The third kappa shape index (κ3) is 20.7. The SMILES string of the molecule is NCCCN(CCCN)CCNCCNCCNCCN(CCCN)CCCN. The van der Waals surface area contributed by atoms with Gasteiger partial charge in [0.25, 0.3) is 0 Å². The first-order valence-corrected chi connectivity index (χ1v) is 11.7. The zero-order valence-corrected chi connectivity index (χ0v) is 18.8. The summed E-state index contributed by atoms with van der Waals surface area (Å²) in [7, 11) is 0. The van der Waals surface area contributed by atoms with E-state index in [1.165, 1.54) is 0 Å². The second-order valence-electron chi connectivity index (χ2n) is 7.50. The van der Waals surface area contributed by atoms with E-state index in [-0.39, 0.29) is 0 Å². The van der Waals surface area contributed by atoms with Crippen molar-refractivity contribution >= 4 is 0 Å². The smallest absolute Gasteiger partial charge is 0.0107 e. The Balaban J connectivity index is 3.52. The molecule has 0 radical (unpaired) electrons. The van der Waals surface area contributed by atoms with Gasteiger partial charge in [-0.05, 0) is 78.0 Å². The Morgan fingerprint density at radius 1 is 0.379 bits per heavy atom. The lowest BCUT2D eigenvalue weighted by atomic mass is 10.3. The highest BCUT2D eigenvalue weighted by Gasteiger charge is 2.04. The lowest BCUT2D eigenvalue weighted by Gasteiger charge is -2.22. The first kappa shape index (κ1) is 28.6. The van der Waals surface area contributed by atoms with Crippen LogP contribution in [-0.2, 0) is 0 Å². The predicted molar refractivity (Wildman–Crippen MR) is 126 cm³/mol. The van der Waals surface area contributed by atoms with Crippen molar-refractivity contribution in [2.24, 2.45) is 22.9 Å². The molecule has 0 aromatic rings. The maximum atomic E-state index is 5.62. The molecule has 9 nitrogen and oxygen atoms in total. The predicted octanol–water partition coefficient (Wildman–Crippen LogP) is -2.25. The fourth-order valence-corrected chi connectivity index (χ4v) is 3.13. The van der Waals surface area contributed by atoms with Crippen LogP contribution in [0.4, 0.5) is 0 Å². The van der Waals surface area contributed by atoms with Gasteiger partial charge in [-0.1, -0.05) is 0 Å². The van der Waals surface area contributed by atoms with E-state index in [1.54, 1.807) is 0 Å². The van der Waals surface area contributed by atoms with Crippen molar-refractivity contribution in [3.8, 4) is 0 Å². The third-order valence-corrected chi connectivity index (χ3v) is 4.88. The molecule has 0 aromatic heterocycles. The average Bonchev–Trinajstić information content (AvgIpc) is 2.74. The molecule has 0 amide bonds. The normalized spacial score (nSPS) is 11.8. The Kier molecular flexibility index (Phi) is 23.6. The van der Waals surface area contributed by atoms with Crippen LogP contribution in [0.2, 0.25) is 0 Å². The third-order valence-electron chi connectivity index (χ3n) is 4.88. The van der Waals surface area contributed by atoms with Crippen LogP contribution in [0.5, 0.6) is 0 Å². The summed E-state index contributed by atoms with van der Waals surface area (Å²) >= 11 is 0. The van der Waals surface area contributed by atoms with Crippen molar-refractivity contribution in [2.75, 3.05) is 105 Å². The quantitative estimate of drug-likeness (QED) is 0.0866. The first-order chi connectivity index (χ1) is 14.3. The molecule has 0 spiro atoms. The van der Waals surface area contributed by atoms with Gasteiger partial charge in [-0.25, -0.2) is 0 Å². The van der Waals surface area contributed by atoms with Crippen LogP contribution in [-0.4, -0.2) is 115 Å². The Morgan fingerprint density at radius 3 is 0.931 bits per heavy atom. The van der Waals surface area contributed by atoms with E-state index in [0.717, 1.165) is 130 Å². The fourth-order valence-electron chi connectivity index (χ4n) is 3.13. The molecule has 0 bridgehead atoms. The number of rotatable bonds is 24. The van der Waals surface area contributed by atoms with E-state index in [4.69, 9.17) is 22.9 Å². The minimum absolute atomic E-state index is 0.754. The van der Waals surface area contributed by atoms with Gasteiger partial charge in [0.05, 0.1) is 0 Å². The first-order valence-electron chi connectivity index (χ1n) is 11.7. The lowest BCUT2D eigenvalue weighted by Crippen LogP contribution is -2.39. The molecule has 176 valence electrons. The van der Waals surface area contributed by atoms with Crippen molar-refractivity contribution in [1.29, 1.82) is 0 Å². The summed E-state index contributed by atoms with van der Waals surface area (Å²) < 4.78 is 0. The van der Waals surface area contributed by atoms with E-state index in [9.17, 15) is 0 Å². The van der Waals surface area contributed by atoms with Gasteiger partial charge < -0.3 is 48.7 Å². The van der Waals surface area contributed by atoms with Crippen LogP contribution in [0.15, 0.2) is 0 Å². The van der Waals surface area contributed by atoms with E-state index in [2.05, 4.69) is 25.8 Å². The summed E-state index contributed by atoms with van der Waals surface area (Å²) in [5, 5.41) is 10.5. The van der Waals surface area contributed by atoms with Gasteiger partial charge >= 0.3 is 0 Å². The Bertz CT molecular complexity index is 264. The monoisotopic (exact) mass is 417 g/mol. The molecule has 0 aliphatic rings. The highest BCUT2D eigenvalue weighted by molar-refractivity contribution is 4.64. The maximum Gasteiger partial charge on any atom is 0.0107 e. The molecule has 0 saturated heterocycles. The number of hydrogen-bond donors (Lipinski definition) is 7. The maximum absolute atomic E-state index is 5.62. The van der Waals surface area contributed by atoms with Gasteiger partial charge in [0.1, 0.15) is 0 Å². The topological polar surface area (TPSA) is 147 Å². The van der Waals surface area contributed by atoms with Crippen LogP contribution in [0.25, 0.3) is 0 Å². The van der Waals surface area contributed by atoms with Gasteiger partial charge in [-0.15, -0.1) is 0 Å². The van der Waals surface area contributed by atoms with Crippen LogP contribution in [0, 0.1) is 0 Å². The molecule has 0 aliphatic heterocycles. The van der Waals surface area contributed by atoms with Gasteiger partial charge in [-0.3, -0.25) is 0 Å². The molecule has 29 heavy (non-hydrogen) atoms. The summed E-state index contributed by atoms with van der Waals surface area (Å²) in [5.41, 5.74) is 22.5. The van der Waals surface area contributed by atoms with Crippen molar-refractivity contribution in [2.45, 2.75) is 25.7 Å². The highest BCUT2D eigenvalue weighted by atomic mass is 15.1. The van der Waals surface area contributed by atoms with Crippen molar-refractivity contribution < 1.29 is 0 Å². The molecule has 0 aromatic carbocycles. The molecule has 11 N–H and O–H groups in total. The van der Waals surface area contributed by atoms with Gasteiger partial charge in [0.15, 0.2) is 0 Å². The summed E-state index contributed by atoms with van der Waals surface area (Å²) in [4.78, 5) is 4.91. The minimum atomic E-state index is 0.754. The highest BCUT2D eigenvalue weighted by Crippen LogP contribution is 1.93. The Morgan fingerprint density at radius 2 is 0.655 bits per heavy atom. The lowest BCUT2D eigenvalue weighted by molar-refractivity contribution is 0.269. The van der Waals surface area contributed by atoms with Gasteiger partial charge in [0.2, 0.25) is 0 Å². The molecule has 0 aliphatic carbocycles. The van der Waals surface area contributed by atoms with Crippen LogP contribution >= 0.6 is 0 Å². The molecule has 9 heteroatoms. The Labute approximate surface area is 179 Å². The molecule has 0 unspecified atom stereocenters. The number of nitrogens with two attached hydrogens (primary N) is 4. The molecule has 0 rings (SSSR count). The molecule has 0 heterocycles. The van der Waals surface area contributed by atoms with E-state index in [1.807, 2.05) is 0 Å². The summed E-state index contributed by atoms with van der Waals surface area (Å²) in [6.07, 6.45) is 4.21. The van der Waals surface area contributed by atoms with Crippen LogP contribution < -0.4 is 38.9 Å². The molecular weight excluding hydrogens is 366 g/mol. The minimum Gasteiger partial charge on any atom is -0.330 e. The van der Waals surface area contributed by atoms with Crippen molar-refractivity contribution in [3.05, 3.63) is 0 Å². The van der Waals surface area contributed by atoms with E-state index < -0.39 is 0 Å². The van der Waals surface area contributed by atoms with E-state index in [0.29, 0.717) is 0 Å². The Hall–Kier alpha value is -0.360. The number of nitrogens with zero attached hydrogens (tertiary/aromatic N) is 2. The van der Waals surface area contributed by atoms with Gasteiger partial charge in [-0.2, -0.15) is 0 Å². The molecule has 0 saturated carbocycles. The second kappa shape index (κ2) is 23.9. The van der Waals surface area contributed by atoms with Crippen molar-refractivity contribution in [3.63, 3.8) is 0 Å². The van der Waals surface area contributed by atoms with Crippen LogP contribution in [0.3, 0.4) is 0 Å². The summed E-state index contributed by atoms with van der Waals surface area (Å²) in [5.74, 6) is 0. The molecule has 0 fully saturated rings. The summed E-state index contributed by atoms with van der Waals surface area (Å²) in [6, 6.07) is 0. The average molecular weight is 418 g/mol. The fraction of sp³-hybridized carbons (Fsp3) is 1.00. The standard InChI is InChI=1S/C20H51N9/c21-5-1-15-28(16-2-6-22)19-13-26-11-9-25-10-12-27-14-20-29(17-3-7-23)18-4-8-24/h25-27H,1-24H2. The van der Waals surface area contributed by atoms with Crippen molar-refractivity contribution in [1.82, 2.24) is 25.8 Å². The zero-order valence-electron chi connectivity index (χ0n) is 18.8.